The van der Waals surface area contributed by atoms with Gasteiger partial charge in [0.15, 0.2) is 0 Å². The standard InChI is InChI=1S/C3H7BrFO4P/c1-8-10(6,7)9-3(5)2-4/h3H,2H2,1H3,(H,6,7). The Kier molecular flexibility index (Phi) is 4.64. The molecule has 0 radical (unpaired) electrons. The fourth-order valence-electron chi connectivity index (χ4n) is 0.216. The maximum atomic E-state index is 12.1. The Labute approximate surface area is 66.1 Å². The van der Waals surface area contributed by atoms with Crippen LogP contribution in [0.15, 0.2) is 0 Å². The Morgan fingerprint density at radius 2 is 2.40 bits per heavy atom. The Hall–Kier alpha value is 0.520. The van der Waals surface area contributed by atoms with Gasteiger partial charge in [0.05, 0.1) is 5.33 Å². The van der Waals surface area contributed by atoms with Gasteiger partial charge in [-0.05, 0) is 0 Å². The van der Waals surface area contributed by atoms with E-state index in [2.05, 4.69) is 25.0 Å². The third kappa shape index (κ3) is 4.35. The molecule has 0 spiro atoms. The molecule has 0 aromatic heterocycles. The van der Waals surface area contributed by atoms with Crippen molar-refractivity contribution in [2.45, 2.75) is 6.36 Å². The second kappa shape index (κ2) is 4.41. The van der Waals surface area contributed by atoms with Crippen LogP contribution in [-0.4, -0.2) is 23.7 Å². The number of halogens is 2. The molecule has 0 aliphatic heterocycles. The van der Waals surface area contributed by atoms with Crippen molar-refractivity contribution in [1.82, 2.24) is 0 Å². The van der Waals surface area contributed by atoms with E-state index < -0.39 is 14.2 Å². The lowest BCUT2D eigenvalue weighted by Gasteiger charge is -2.10. The van der Waals surface area contributed by atoms with Crippen molar-refractivity contribution in [2.24, 2.45) is 0 Å². The number of hydrogen-bond donors (Lipinski definition) is 1. The first kappa shape index (κ1) is 10.5. The molecular weight excluding hydrogens is 230 g/mol. The van der Waals surface area contributed by atoms with Gasteiger partial charge in [-0.2, -0.15) is 0 Å². The average molecular weight is 237 g/mol. The maximum absolute atomic E-state index is 12.1. The molecule has 0 saturated heterocycles. The molecule has 0 saturated carbocycles. The van der Waals surface area contributed by atoms with Gasteiger partial charge in [0, 0.05) is 7.11 Å². The Morgan fingerprint density at radius 1 is 1.90 bits per heavy atom. The van der Waals surface area contributed by atoms with E-state index in [-0.39, 0.29) is 5.33 Å². The Morgan fingerprint density at radius 3 is 2.70 bits per heavy atom. The average Bonchev–Trinajstić information content (AvgIpc) is 1.87. The van der Waals surface area contributed by atoms with E-state index in [0.717, 1.165) is 7.11 Å². The summed E-state index contributed by atoms with van der Waals surface area (Å²) >= 11 is 2.71. The van der Waals surface area contributed by atoms with Crippen LogP contribution in [0.25, 0.3) is 0 Å². The van der Waals surface area contributed by atoms with E-state index in [1.807, 2.05) is 0 Å². The summed E-state index contributed by atoms with van der Waals surface area (Å²) in [6, 6.07) is 0. The summed E-state index contributed by atoms with van der Waals surface area (Å²) in [4.78, 5) is 8.48. The van der Waals surface area contributed by atoms with Gasteiger partial charge in [0.25, 0.3) is 0 Å². The van der Waals surface area contributed by atoms with Gasteiger partial charge >= 0.3 is 7.82 Å². The molecule has 0 amide bonds. The van der Waals surface area contributed by atoms with Crippen molar-refractivity contribution < 1.29 is 22.9 Å². The number of phosphoric ester groups is 1. The SMILES string of the molecule is COP(=O)(O)OC(F)CBr. The minimum atomic E-state index is -4.15. The molecule has 1 N–H and O–H groups in total. The molecule has 10 heavy (non-hydrogen) atoms. The normalized spacial score (nSPS) is 20.0. The van der Waals surface area contributed by atoms with Crippen LogP contribution >= 0.6 is 23.8 Å². The van der Waals surface area contributed by atoms with Gasteiger partial charge in [-0.25, -0.2) is 8.96 Å². The molecule has 0 rings (SSSR count). The summed E-state index contributed by atoms with van der Waals surface area (Å²) in [5.41, 5.74) is 0. The second-order valence-electron chi connectivity index (χ2n) is 1.32. The van der Waals surface area contributed by atoms with E-state index in [1.54, 1.807) is 0 Å². The van der Waals surface area contributed by atoms with Crippen LogP contribution in [0.1, 0.15) is 0 Å². The highest BCUT2D eigenvalue weighted by atomic mass is 79.9. The molecule has 0 aromatic rings. The van der Waals surface area contributed by atoms with Crippen LogP contribution < -0.4 is 0 Å². The molecule has 4 nitrogen and oxygen atoms in total. The molecule has 0 bridgehead atoms. The summed E-state index contributed by atoms with van der Waals surface area (Å²) < 4.78 is 30.4. The topological polar surface area (TPSA) is 55.8 Å². The molecule has 2 atom stereocenters. The first-order chi connectivity index (χ1) is 4.52. The minimum absolute atomic E-state index is 0.166. The van der Waals surface area contributed by atoms with Gasteiger partial charge < -0.3 is 4.89 Å². The van der Waals surface area contributed by atoms with Gasteiger partial charge in [-0.1, -0.05) is 15.9 Å². The number of hydrogen-bond acceptors (Lipinski definition) is 3. The zero-order chi connectivity index (χ0) is 8.20. The van der Waals surface area contributed by atoms with Crippen molar-refractivity contribution in [3.05, 3.63) is 0 Å². The quantitative estimate of drug-likeness (QED) is 0.593. The zero-order valence-electron chi connectivity index (χ0n) is 5.16. The second-order valence-corrected chi connectivity index (χ2v) is 3.48. The fourth-order valence-corrected chi connectivity index (χ4v) is 1.00. The molecule has 62 valence electrons. The van der Waals surface area contributed by atoms with Gasteiger partial charge in [0.2, 0.25) is 6.36 Å². The predicted octanol–water partition coefficient (Wildman–Crippen LogP) is 1.44. The van der Waals surface area contributed by atoms with Crippen LogP contribution in [0.3, 0.4) is 0 Å². The monoisotopic (exact) mass is 236 g/mol. The van der Waals surface area contributed by atoms with E-state index in [0.29, 0.717) is 0 Å². The number of phosphoric acid groups is 1. The number of alkyl halides is 2. The van der Waals surface area contributed by atoms with Crippen molar-refractivity contribution in [3.63, 3.8) is 0 Å². The molecule has 0 fully saturated rings. The predicted molar refractivity (Wildman–Crippen MR) is 36.6 cm³/mol. The molecule has 7 heteroatoms. The lowest BCUT2D eigenvalue weighted by Crippen LogP contribution is -2.05. The smallest absolute Gasteiger partial charge is 0.302 e. The summed E-state index contributed by atoms with van der Waals surface area (Å²) in [5.74, 6) is 0. The summed E-state index contributed by atoms with van der Waals surface area (Å²) in [5, 5.41) is -0.166. The zero-order valence-corrected chi connectivity index (χ0v) is 7.64. The minimum Gasteiger partial charge on any atom is -0.302 e. The van der Waals surface area contributed by atoms with Gasteiger partial charge in [-0.15, -0.1) is 0 Å². The van der Waals surface area contributed by atoms with E-state index in [1.165, 1.54) is 0 Å². The summed E-state index contributed by atoms with van der Waals surface area (Å²) in [6.45, 7) is 0. The summed E-state index contributed by atoms with van der Waals surface area (Å²) in [6.07, 6.45) is -1.82. The van der Waals surface area contributed by atoms with E-state index in [4.69, 9.17) is 4.89 Å². The Bertz CT molecular complexity index is 142. The van der Waals surface area contributed by atoms with Crippen LogP contribution in [0, 0.1) is 0 Å². The van der Waals surface area contributed by atoms with Crippen molar-refractivity contribution in [2.75, 3.05) is 12.4 Å². The van der Waals surface area contributed by atoms with Crippen LogP contribution in [0.4, 0.5) is 4.39 Å². The third-order valence-corrected chi connectivity index (χ3v) is 2.07. The van der Waals surface area contributed by atoms with Crippen LogP contribution in [0.2, 0.25) is 0 Å². The van der Waals surface area contributed by atoms with Gasteiger partial charge in [0.1, 0.15) is 0 Å². The lowest BCUT2D eigenvalue weighted by molar-refractivity contribution is 0.0483. The molecule has 0 heterocycles. The molecule has 0 aliphatic carbocycles. The maximum Gasteiger partial charge on any atom is 0.474 e. The first-order valence-electron chi connectivity index (χ1n) is 2.29. The van der Waals surface area contributed by atoms with Crippen molar-refractivity contribution in [3.8, 4) is 0 Å². The van der Waals surface area contributed by atoms with Crippen molar-refractivity contribution in [1.29, 1.82) is 0 Å². The molecule has 0 aliphatic rings. The molecule has 2 unspecified atom stereocenters. The van der Waals surface area contributed by atoms with E-state index in [9.17, 15) is 8.96 Å². The highest BCUT2D eigenvalue weighted by molar-refractivity contribution is 9.09. The highest BCUT2D eigenvalue weighted by Crippen LogP contribution is 2.43. The Balaban J connectivity index is 3.77. The van der Waals surface area contributed by atoms with Crippen LogP contribution in [-0.2, 0) is 13.6 Å². The van der Waals surface area contributed by atoms with Crippen molar-refractivity contribution >= 4 is 23.8 Å². The third-order valence-electron chi connectivity index (χ3n) is 0.600. The van der Waals surface area contributed by atoms with E-state index >= 15 is 0 Å². The lowest BCUT2D eigenvalue weighted by atomic mass is 10.8. The van der Waals surface area contributed by atoms with Gasteiger partial charge in [-0.3, -0.25) is 9.05 Å². The fraction of sp³-hybridized carbons (Fsp3) is 1.00. The number of rotatable bonds is 4. The first-order valence-corrected chi connectivity index (χ1v) is 4.90. The molecule has 0 aromatic carbocycles. The summed E-state index contributed by atoms with van der Waals surface area (Å²) in [7, 11) is -3.19. The molecular formula is C3H7BrFO4P. The van der Waals surface area contributed by atoms with Crippen LogP contribution in [0.5, 0.6) is 0 Å². The highest BCUT2D eigenvalue weighted by Gasteiger charge is 2.23. The largest absolute Gasteiger partial charge is 0.474 e.